The van der Waals surface area contributed by atoms with Crippen LogP contribution in [0.3, 0.4) is 0 Å². The van der Waals surface area contributed by atoms with E-state index in [0.29, 0.717) is 27.1 Å². The zero-order chi connectivity index (χ0) is 24.7. The standard InChI is InChI=1S/C25H24ClN3O3S2/c1-15(30)17-7-10-19(11-8-17)27-25(33)28-20-5-4-6-21(14-20)34-16(2)24(31)29-22-13-18(26)9-12-23(22)32-3/h4-14,16H,1-3H3,(H,29,31)(H2,27,28,33). The summed E-state index contributed by atoms with van der Waals surface area (Å²) in [6.45, 7) is 3.35. The van der Waals surface area contributed by atoms with E-state index in [-0.39, 0.29) is 16.9 Å². The van der Waals surface area contributed by atoms with Crippen LogP contribution >= 0.6 is 35.6 Å². The minimum atomic E-state index is -0.371. The number of benzene rings is 3. The van der Waals surface area contributed by atoms with Crippen molar-refractivity contribution >= 4 is 69.4 Å². The van der Waals surface area contributed by atoms with Gasteiger partial charge in [0.15, 0.2) is 10.9 Å². The van der Waals surface area contributed by atoms with Crippen LogP contribution in [0.1, 0.15) is 24.2 Å². The molecular weight excluding hydrogens is 490 g/mol. The lowest BCUT2D eigenvalue weighted by molar-refractivity contribution is -0.115. The number of hydrogen-bond donors (Lipinski definition) is 3. The fourth-order valence-electron chi connectivity index (χ4n) is 3.00. The first kappa shape index (κ1) is 25.6. The second-order valence-corrected chi connectivity index (χ2v) is 9.59. The molecular formula is C25H24ClN3O3S2. The van der Waals surface area contributed by atoms with E-state index >= 15 is 0 Å². The average molecular weight is 514 g/mol. The molecule has 0 radical (unpaired) electrons. The van der Waals surface area contributed by atoms with Crippen molar-refractivity contribution in [3.05, 3.63) is 77.3 Å². The van der Waals surface area contributed by atoms with Gasteiger partial charge < -0.3 is 20.7 Å². The second kappa shape index (κ2) is 11.9. The van der Waals surface area contributed by atoms with Gasteiger partial charge in [-0.1, -0.05) is 17.7 Å². The number of hydrogen-bond acceptors (Lipinski definition) is 5. The number of ketones is 1. The van der Waals surface area contributed by atoms with Gasteiger partial charge in [0.25, 0.3) is 0 Å². The van der Waals surface area contributed by atoms with Crippen molar-refractivity contribution in [1.29, 1.82) is 0 Å². The number of Topliss-reactive ketones (excluding diaryl/α,β-unsaturated/α-hetero) is 1. The van der Waals surface area contributed by atoms with Crippen molar-refractivity contribution in [2.75, 3.05) is 23.1 Å². The summed E-state index contributed by atoms with van der Waals surface area (Å²) in [6, 6.07) is 19.8. The van der Waals surface area contributed by atoms with Gasteiger partial charge >= 0.3 is 0 Å². The Kier molecular flexibility index (Phi) is 8.92. The number of rotatable bonds is 8. The summed E-state index contributed by atoms with van der Waals surface area (Å²) < 4.78 is 5.29. The Morgan fingerprint density at radius 1 is 0.971 bits per heavy atom. The summed E-state index contributed by atoms with van der Waals surface area (Å²) in [5.41, 5.74) is 2.72. The Balaban J connectivity index is 1.59. The maximum absolute atomic E-state index is 12.7. The van der Waals surface area contributed by atoms with Gasteiger partial charge in [-0.15, -0.1) is 11.8 Å². The van der Waals surface area contributed by atoms with Crippen molar-refractivity contribution in [3.8, 4) is 5.75 Å². The highest BCUT2D eigenvalue weighted by Gasteiger charge is 2.17. The van der Waals surface area contributed by atoms with Gasteiger partial charge in [0.2, 0.25) is 5.91 Å². The van der Waals surface area contributed by atoms with Crippen LogP contribution in [-0.2, 0) is 4.79 Å². The molecule has 0 aliphatic carbocycles. The molecule has 176 valence electrons. The van der Waals surface area contributed by atoms with Crippen molar-refractivity contribution in [1.82, 2.24) is 0 Å². The lowest BCUT2D eigenvalue weighted by Gasteiger charge is -2.15. The summed E-state index contributed by atoms with van der Waals surface area (Å²) >= 11 is 12.9. The number of carbonyl (C=O) groups excluding carboxylic acids is 2. The first-order valence-electron chi connectivity index (χ1n) is 10.4. The van der Waals surface area contributed by atoms with Gasteiger partial charge in [-0.25, -0.2) is 0 Å². The highest BCUT2D eigenvalue weighted by atomic mass is 35.5. The fraction of sp³-hybridized carbons (Fsp3) is 0.160. The van der Waals surface area contributed by atoms with E-state index in [0.717, 1.165) is 16.3 Å². The largest absolute Gasteiger partial charge is 0.495 e. The molecule has 0 heterocycles. The number of halogens is 1. The number of thioether (sulfide) groups is 1. The van der Waals surface area contributed by atoms with Crippen LogP contribution in [0.15, 0.2) is 71.6 Å². The zero-order valence-electron chi connectivity index (χ0n) is 18.8. The molecule has 3 aromatic carbocycles. The SMILES string of the molecule is COc1ccc(Cl)cc1NC(=O)C(C)Sc1cccc(NC(=S)Nc2ccc(C(C)=O)cc2)c1. The molecule has 0 aromatic heterocycles. The molecule has 1 atom stereocenters. The number of carbonyl (C=O) groups is 2. The van der Waals surface area contributed by atoms with E-state index in [4.69, 9.17) is 28.6 Å². The molecule has 0 saturated heterocycles. The van der Waals surface area contributed by atoms with E-state index in [1.54, 1.807) is 42.5 Å². The predicted molar refractivity (Wildman–Crippen MR) is 145 cm³/mol. The maximum Gasteiger partial charge on any atom is 0.237 e. The number of nitrogens with one attached hydrogen (secondary N) is 3. The van der Waals surface area contributed by atoms with Gasteiger partial charge in [0, 0.05) is 26.9 Å². The number of ether oxygens (including phenoxy) is 1. The van der Waals surface area contributed by atoms with Crippen molar-refractivity contribution in [3.63, 3.8) is 0 Å². The van der Waals surface area contributed by atoms with Crippen LogP contribution in [0, 0.1) is 0 Å². The summed E-state index contributed by atoms with van der Waals surface area (Å²) in [4.78, 5) is 25.0. The van der Waals surface area contributed by atoms with Crippen LogP contribution in [0.5, 0.6) is 5.75 Å². The van der Waals surface area contributed by atoms with E-state index in [2.05, 4.69) is 16.0 Å². The topological polar surface area (TPSA) is 79.5 Å². The first-order valence-corrected chi connectivity index (χ1v) is 12.0. The molecule has 0 fully saturated rings. The molecule has 3 N–H and O–H groups in total. The molecule has 0 bridgehead atoms. The Labute approximate surface area is 213 Å². The summed E-state index contributed by atoms with van der Waals surface area (Å²) in [5.74, 6) is 0.379. The summed E-state index contributed by atoms with van der Waals surface area (Å²) in [6.07, 6.45) is 0. The minimum Gasteiger partial charge on any atom is -0.495 e. The quantitative estimate of drug-likeness (QED) is 0.181. The van der Waals surface area contributed by atoms with Crippen LogP contribution in [0.25, 0.3) is 0 Å². The Morgan fingerprint density at radius 2 is 1.68 bits per heavy atom. The smallest absolute Gasteiger partial charge is 0.237 e. The number of amides is 1. The first-order chi connectivity index (χ1) is 16.2. The third-order valence-electron chi connectivity index (χ3n) is 4.74. The van der Waals surface area contributed by atoms with E-state index in [9.17, 15) is 9.59 Å². The van der Waals surface area contributed by atoms with E-state index in [1.807, 2.05) is 31.2 Å². The second-order valence-electron chi connectivity index (χ2n) is 7.33. The predicted octanol–water partition coefficient (Wildman–Crippen LogP) is 6.48. The number of methoxy groups -OCH3 is 1. The van der Waals surface area contributed by atoms with Crippen molar-refractivity contribution in [2.45, 2.75) is 24.0 Å². The number of anilines is 3. The third kappa shape index (κ3) is 7.21. The highest BCUT2D eigenvalue weighted by molar-refractivity contribution is 8.00. The third-order valence-corrected chi connectivity index (χ3v) is 6.28. The Morgan fingerprint density at radius 3 is 2.35 bits per heavy atom. The monoisotopic (exact) mass is 513 g/mol. The van der Waals surface area contributed by atoms with Crippen LogP contribution in [0.2, 0.25) is 5.02 Å². The van der Waals surface area contributed by atoms with Crippen molar-refractivity contribution in [2.24, 2.45) is 0 Å². The maximum atomic E-state index is 12.7. The molecule has 3 rings (SSSR count). The summed E-state index contributed by atoms with van der Waals surface area (Å²) in [7, 11) is 1.54. The van der Waals surface area contributed by atoms with Gasteiger partial charge in [-0.3, -0.25) is 9.59 Å². The van der Waals surface area contributed by atoms with Gasteiger partial charge in [0.05, 0.1) is 18.0 Å². The molecule has 6 nitrogen and oxygen atoms in total. The number of thiocarbonyl (C=S) groups is 1. The van der Waals surface area contributed by atoms with E-state index in [1.165, 1.54) is 25.8 Å². The molecule has 34 heavy (non-hydrogen) atoms. The minimum absolute atomic E-state index is 0.0104. The van der Waals surface area contributed by atoms with Gasteiger partial charge in [-0.2, -0.15) is 0 Å². The Hall–Kier alpha value is -3.07. The molecule has 0 spiro atoms. The van der Waals surface area contributed by atoms with Crippen molar-refractivity contribution < 1.29 is 14.3 Å². The molecule has 9 heteroatoms. The fourth-order valence-corrected chi connectivity index (χ4v) is 4.33. The Bertz CT molecular complexity index is 1200. The average Bonchev–Trinajstić information content (AvgIpc) is 2.79. The lowest BCUT2D eigenvalue weighted by Crippen LogP contribution is -2.22. The molecule has 3 aromatic rings. The summed E-state index contributed by atoms with van der Waals surface area (Å²) in [5, 5.41) is 9.65. The molecule has 0 aliphatic rings. The normalized spacial score (nSPS) is 11.3. The van der Waals surface area contributed by atoms with Crippen LogP contribution < -0.4 is 20.7 Å². The molecule has 1 amide bonds. The zero-order valence-corrected chi connectivity index (χ0v) is 21.2. The van der Waals surface area contributed by atoms with Gasteiger partial charge in [-0.05, 0) is 86.7 Å². The van der Waals surface area contributed by atoms with E-state index < -0.39 is 0 Å². The lowest BCUT2D eigenvalue weighted by atomic mass is 10.1. The highest BCUT2D eigenvalue weighted by Crippen LogP contribution is 2.30. The molecule has 0 saturated carbocycles. The van der Waals surface area contributed by atoms with Crippen LogP contribution in [0.4, 0.5) is 17.1 Å². The van der Waals surface area contributed by atoms with Crippen LogP contribution in [-0.4, -0.2) is 29.2 Å². The van der Waals surface area contributed by atoms with Gasteiger partial charge in [0.1, 0.15) is 5.75 Å². The molecule has 1 unspecified atom stereocenters. The molecule has 0 aliphatic heterocycles.